The van der Waals surface area contributed by atoms with E-state index in [0.29, 0.717) is 44.0 Å². The molecule has 0 aliphatic carbocycles. The Labute approximate surface area is 166 Å². The van der Waals surface area contributed by atoms with Crippen LogP contribution >= 0.6 is 0 Å². The molecule has 2 aliphatic heterocycles. The van der Waals surface area contributed by atoms with Crippen LogP contribution in [0.1, 0.15) is 62.7 Å². The Morgan fingerprint density at radius 3 is 2.54 bits per heavy atom. The van der Waals surface area contributed by atoms with Gasteiger partial charge in [-0.15, -0.1) is 0 Å². The number of hydrogen-bond donors (Lipinski definition) is 1. The number of carbonyl (C=O) groups is 2. The third-order valence-corrected chi connectivity index (χ3v) is 5.52. The minimum absolute atomic E-state index is 0.0707. The highest BCUT2D eigenvalue weighted by molar-refractivity contribution is 5.93. The van der Waals surface area contributed by atoms with Gasteiger partial charge in [0.25, 0.3) is 5.91 Å². The SMILES string of the molecule is CCCCCCN1CC2(CCN(C(=O)c3cnc(NCC)nc3)CC2)OC1=O. The Morgan fingerprint density at radius 2 is 1.89 bits per heavy atom. The van der Waals surface area contributed by atoms with Crippen molar-refractivity contribution < 1.29 is 14.3 Å². The predicted molar refractivity (Wildman–Crippen MR) is 106 cm³/mol. The molecule has 1 aromatic heterocycles. The first-order valence-corrected chi connectivity index (χ1v) is 10.4. The van der Waals surface area contributed by atoms with E-state index in [2.05, 4.69) is 22.2 Å². The molecule has 1 spiro atoms. The number of hydrogen-bond acceptors (Lipinski definition) is 6. The molecular formula is C20H31N5O3. The van der Waals surface area contributed by atoms with Crippen LogP contribution in [0.25, 0.3) is 0 Å². The number of aromatic nitrogens is 2. The van der Waals surface area contributed by atoms with Crippen LogP contribution in [0, 0.1) is 0 Å². The Balaban J connectivity index is 1.51. The lowest BCUT2D eigenvalue weighted by Crippen LogP contribution is -2.48. The smallest absolute Gasteiger partial charge is 0.410 e. The highest BCUT2D eigenvalue weighted by Crippen LogP contribution is 2.33. The molecule has 0 bridgehead atoms. The lowest BCUT2D eigenvalue weighted by Gasteiger charge is -2.37. The normalized spacial score (nSPS) is 18.4. The van der Waals surface area contributed by atoms with Gasteiger partial charge in [0.1, 0.15) is 5.60 Å². The number of carbonyl (C=O) groups excluding carboxylic acids is 2. The minimum atomic E-state index is -0.440. The average molecular weight is 390 g/mol. The van der Waals surface area contributed by atoms with E-state index < -0.39 is 5.60 Å². The highest BCUT2D eigenvalue weighted by atomic mass is 16.6. The first-order chi connectivity index (χ1) is 13.6. The standard InChI is InChI=1S/C20H31N5O3/c1-3-5-6-7-10-25-15-20(28-19(25)27)8-11-24(12-9-20)17(26)16-13-22-18(21-4-2)23-14-16/h13-14H,3-12,15H2,1-2H3,(H,21,22,23). The molecular weight excluding hydrogens is 358 g/mol. The molecule has 2 aliphatic rings. The molecule has 2 amide bonds. The van der Waals surface area contributed by atoms with Crippen LogP contribution in [0.2, 0.25) is 0 Å². The van der Waals surface area contributed by atoms with E-state index in [4.69, 9.17) is 4.74 Å². The molecule has 0 aromatic carbocycles. The van der Waals surface area contributed by atoms with Gasteiger partial charge >= 0.3 is 6.09 Å². The molecule has 3 heterocycles. The van der Waals surface area contributed by atoms with Crippen molar-refractivity contribution in [3.8, 4) is 0 Å². The van der Waals surface area contributed by atoms with Gasteiger partial charge in [-0.05, 0) is 13.3 Å². The van der Waals surface area contributed by atoms with E-state index in [1.807, 2.05) is 11.8 Å². The van der Waals surface area contributed by atoms with E-state index in [-0.39, 0.29) is 12.0 Å². The molecule has 3 rings (SSSR count). The number of nitrogens with zero attached hydrogens (tertiary/aromatic N) is 4. The Hall–Kier alpha value is -2.38. The summed E-state index contributed by atoms with van der Waals surface area (Å²) in [6.45, 7) is 7.43. The maximum Gasteiger partial charge on any atom is 0.410 e. The molecule has 8 heteroatoms. The van der Waals surface area contributed by atoms with Crippen LogP contribution in [-0.2, 0) is 4.74 Å². The monoisotopic (exact) mass is 389 g/mol. The van der Waals surface area contributed by atoms with Crippen LogP contribution in [0.5, 0.6) is 0 Å². The maximum atomic E-state index is 12.7. The predicted octanol–water partition coefficient (Wildman–Crippen LogP) is 2.92. The number of likely N-dealkylation sites (tertiary alicyclic amines) is 1. The summed E-state index contributed by atoms with van der Waals surface area (Å²) >= 11 is 0. The van der Waals surface area contributed by atoms with E-state index in [9.17, 15) is 9.59 Å². The van der Waals surface area contributed by atoms with Crippen molar-refractivity contribution in [2.24, 2.45) is 0 Å². The van der Waals surface area contributed by atoms with Crippen molar-refractivity contribution in [1.29, 1.82) is 0 Å². The summed E-state index contributed by atoms with van der Waals surface area (Å²) in [5.74, 6) is 0.451. The van der Waals surface area contributed by atoms with Crippen molar-refractivity contribution in [3.63, 3.8) is 0 Å². The lowest BCUT2D eigenvalue weighted by molar-refractivity contribution is 0.00311. The quantitative estimate of drug-likeness (QED) is 0.688. The summed E-state index contributed by atoms with van der Waals surface area (Å²) < 4.78 is 5.75. The van der Waals surface area contributed by atoms with Crippen LogP contribution < -0.4 is 5.32 Å². The third-order valence-electron chi connectivity index (χ3n) is 5.52. The summed E-state index contributed by atoms with van der Waals surface area (Å²) in [6.07, 6.45) is 8.81. The maximum absolute atomic E-state index is 12.7. The van der Waals surface area contributed by atoms with Gasteiger partial charge in [0, 0.05) is 51.4 Å². The van der Waals surface area contributed by atoms with Gasteiger partial charge in [0.15, 0.2) is 0 Å². The van der Waals surface area contributed by atoms with E-state index in [1.165, 1.54) is 12.8 Å². The number of rotatable bonds is 8. The van der Waals surface area contributed by atoms with Crippen LogP contribution in [0.4, 0.5) is 10.7 Å². The minimum Gasteiger partial charge on any atom is -0.441 e. The fourth-order valence-corrected chi connectivity index (χ4v) is 3.84. The molecule has 2 saturated heterocycles. The van der Waals surface area contributed by atoms with Gasteiger partial charge in [0.05, 0.1) is 12.1 Å². The van der Waals surface area contributed by atoms with Gasteiger partial charge in [-0.3, -0.25) is 4.79 Å². The first-order valence-electron chi connectivity index (χ1n) is 10.4. The lowest BCUT2D eigenvalue weighted by atomic mass is 9.91. The van der Waals surface area contributed by atoms with Crippen LogP contribution in [-0.4, -0.2) is 70.1 Å². The van der Waals surface area contributed by atoms with Crippen molar-refractivity contribution in [2.75, 3.05) is 38.0 Å². The molecule has 154 valence electrons. The van der Waals surface area contributed by atoms with E-state index in [0.717, 1.165) is 25.9 Å². The number of unbranched alkanes of at least 4 members (excludes halogenated alkanes) is 3. The average Bonchev–Trinajstić information content (AvgIpc) is 3.01. The second-order valence-electron chi connectivity index (χ2n) is 7.65. The highest BCUT2D eigenvalue weighted by Gasteiger charge is 2.47. The number of ether oxygens (including phenoxy) is 1. The number of nitrogens with one attached hydrogen (secondary N) is 1. The van der Waals surface area contributed by atoms with Crippen molar-refractivity contribution >= 4 is 17.9 Å². The van der Waals surface area contributed by atoms with Gasteiger partial charge in [-0.1, -0.05) is 26.2 Å². The number of anilines is 1. The van der Waals surface area contributed by atoms with Gasteiger partial charge in [-0.25, -0.2) is 14.8 Å². The zero-order chi connectivity index (χ0) is 20.0. The first kappa shape index (κ1) is 20.4. The third kappa shape index (κ3) is 4.72. The Kier molecular flexibility index (Phi) is 6.70. The zero-order valence-corrected chi connectivity index (χ0v) is 16.9. The fourth-order valence-electron chi connectivity index (χ4n) is 3.84. The summed E-state index contributed by atoms with van der Waals surface area (Å²) in [5, 5.41) is 3.02. The molecule has 0 radical (unpaired) electrons. The summed E-state index contributed by atoms with van der Waals surface area (Å²) in [7, 11) is 0. The van der Waals surface area contributed by atoms with Gasteiger partial charge in [0.2, 0.25) is 5.95 Å². The molecule has 0 unspecified atom stereocenters. The van der Waals surface area contributed by atoms with Gasteiger partial charge in [-0.2, -0.15) is 0 Å². The number of piperidine rings is 1. The van der Waals surface area contributed by atoms with Crippen molar-refractivity contribution in [2.45, 2.75) is 58.0 Å². The molecule has 2 fully saturated rings. The molecule has 28 heavy (non-hydrogen) atoms. The molecule has 1 N–H and O–H groups in total. The Morgan fingerprint density at radius 1 is 1.18 bits per heavy atom. The van der Waals surface area contributed by atoms with Crippen molar-refractivity contribution in [3.05, 3.63) is 18.0 Å². The largest absolute Gasteiger partial charge is 0.441 e. The van der Waals surface area contributed by atoms with Crippen LogP contribution in [0.15, 0.2) is 12.4 Å². The molecule has 1 aromatic rings. The van der Waals surface area contributed by atoms with E-state index in [1.54, 1.807) is 17.3 Å². The van der Waals surface area contributed by atoms with Crippen molar-refractivity contribution in [1.82, 2.24) is 19.8 Å². The Bertz CT molecular complexity index is 671. The molecule has 0 atom stereocenters. The topological polar surface area (TPSA) is 87.7 Å². The summed E-state index contributed by atoms with van der Waals surface area (Å²) in [4.78, 5) is 36.9. The second kappa shape index (κ2) is 9.21. The van der Waals surface area contributed by atoms with E-state index >= 15 is 0 Å². The van der Waals surface area contributed by atoms with Crippen LogP contribution in [0.3, 0.4) is 0 Å². The molecule has 0 saturated carbocycles. The fraction of sp³-hybridized carbons (Fsp3) is 0.700. The summed E-state index contributed by atoms with van der Waals surface area (Å²) in [6, 6.07) is 0. The molecule has 8 nitrogen and oxygen atoms in total. The summed E-state index contributed by atoms with van der Waals surface area (Å²) in [5.41, 5.74) is 0.0443. The zero-order valence-electron chi connectivity index (χ0n) is 16.9. The van der Waals surface area contributed by atoms with Gasteiger partial charge < -0.3 is 19.9 Å². The number of amides is 2. The second-order valence-corrected chi connectivity index (χ2v) is 7.65.